The predicted octanol–water partition coefficient (Wildman–Crippen LogP) is 2.66. The lowest BCUT2D eigenvalue weighted by Gasteiger charge is -2.36. The minimum Gasteiger partial charge on any atom is -0.298 e. The van der Waals surface area contributed by atoms with Crippen molar-refractivity contribution in [1.29, 1.82) is 0 Å². The lowest BCUT2D eigenvalue weighted by molar-refractivity contribution is 0.104. The van der Waals surface area contributed by atoms with Crippen LogP contribution in [0.15, 0.2) is 18.2 Å². The second-order valence-electron chi connectivity index (χ2n) is 5.49. The minimum atomic E-state index is -0.0895. The highest BCUT2D eigenvalue weighted by molar-refractivity contribution is 5.23. The van der Waals surface area contributed by atoms with E-state index in [1.807, 2.05) is 12.1 Å². The van der Waals surface area contributed by atoms with E-state index < -0.39 is 0 Å². The van der Waals surface area contributed by atoms with Crippen molar-refractivity contribution in [2.45, 2.75) is 33.4 Å². The standard InChI is InChI=1S/C15H23FN2/c1-12(2)18-8-6-17(7-9-18)11-14-5-4-13(3)15(16)10-14/h4-5,10,12H,6-9,11H2,1-3H3. The van der Waals surface area contributed by atoms with Gasteiger partial charge in [0, 0.05) is 38.8 Å². The van der Waals surface area contributed by atoms with Gasteiger partial charge in [0.25, 0.3) is 0 Å². The number of piperazine rings is 1. The summed E-state index contributed by atoms with van der Waals surface area (Å²) in [7, 11) is 0. The summed E-state index contributed by atoms with van der Waals surface area (Å²) in [6.07, 6.45) is 0. The smallest absolute Gasteiger partial charge is 0.126 e. The molecule has 0 aliphatic carbocycles. The normalized spacial score (nSPS) is 18.5. The van der Waals surface area contributed by atoms with E-state index in [-0.39, 0.29) is 5.82 Å². The van der Waals surface area contributed by atoms with Gasteiger partial charge in [0.2, 0.25) is 0 Å². The van der Waals surface area contributed by atoms with E-state index in [1.165, 1.54) is 0 Å². The Morgan fingerprint density at radius 3 is 2.39 bits per heavy atom. The van der Waals surface area contributed by atoms with Crippen LogP contribution in [0.5, 0.6) is 0 Å². The van der Waals surface area contributed by atoms with E-state index in [2.05, 4.69) is 23.6 Å². The summed E-state index contributed by atoms with van der Waals surface area (Å²) in [5.41, 5.74) is 1.81. The summed E-state index contributed by atoms with van der Waals surface area (Å²) in [5.74, 6) is -0.0895. The van der Waals surface area contributed by atoms with Crippen LogP contribution in [0.3, 0.4) is 0 Å². The molecular weight excluding hydrogens is 227 g/mol. The molecule has 0 unspecified atom stereocenters. The Morgan fingerprint density at radius 1 is 1.17 bits per heavy atom. The second kappa shape index (κ2) is 5.81. The van der Waals surface area contributed by atoms with E-state index in [0.29, 0.717) is 6.04 Å². The summed E-state index contributed by atoms with van der Waals surface area (Å²) >= 11 is 0. The van der Waals surface area contributed by atoms with Gasteiger partial charge >= 0.3 is 0 Å². The molecule has 1 fully saturated rings. The molecule has 0 spiro atoms. The average Bonchev–Trinajstić information content (AvgIpc) is 2.34. The molecule has 0 N–H and O–H groups in total. The van der Waals surface area contributed by atoms with E-state index in [4.69, 9.17) is 0 Å². The molecule has 1 aromatic carbocycles. The van der Waals surface area contributed by atoms with Crippen LogP contribution in [-0.2, 0) is 6.54 Å². The fourth-order valence-corrected chi connectivity index (χ4v) is 2.43. The zero-order valence-corrected chi connectivity index (χ0v) is 11.6. The van der Waals surface area contributed by atoms with E-state index in [1.54, 1.807) is 13.0 Å². The third-order valence-electron chi connectivity index (χ3n) is 3.78. The van der Waals surface area contributed by atoms with Gasteiger partial charge in [-0.15, -0.1) is 0 Å². The van der Waals surface area contributed by atoms with Crippen LogP contribution in [0.4, 0.5) is 4.39 Å². The van der Waals surface area contributed by atoms with Crippen LogP contribution in [0.1, 0.15) is 25.0 Å². The van der Waals surface area contributed by atoms with Gasteiger partial charge in [0.05, 0.1) is 0 Å². The van der Waals surface area contributed by atoms with Crippen molar-refractivity contribution in [3.63, 3.8) is 0 Å². The van der Waals surface area contributed by atoms with Crippen molar-refractivity contribution in [3.05, 3.63) is 35.1 Å². The lowest BCUT2D eigenvalue weighted by atomic mass is 10.1. The van der Waals surface area contributed by atoms with E-state index >= 15 is 0 Å². The number of rotatable bonds is 3. The minimum absolute atomic E-state index is 0.0895. The van der Waals surface area contributed by atoms with Crippen molar-refractivity contribution in [2.75, 3.05) is 26.2 Å². The molecule has 0 atom stereocenters. The number of halogens is 1. The van der Waals surface area contributed by atoms with Crippen LogP contribution in [0.25, 0.3) is 0 Å². The molecule has 0 aromatic heterocycles. The highest BCUT2D eigenvalue weighted by atomic mass is 19.1. The summed E-state index contributed by atoms with van der Waals surface area (Å²) in [5, 5.41) is 0. The third-order valence-corrected chi connectivity index (χ3v) is 3.78. The average molecular weight is 250 g/mol. The highest BCUT2D eigenvalue weighted by Crippen LogP contribution is 2.13. The second-order valence-corrected chi connectivity index (χ2v) is 5.49. The lowest BCUT2D eigenvalue weighted by Crippen LogP contribution is -2.48. The molecule has 0 saturated carbocycles. The zero-order valence-electron chi connectivity index (χ0n) is 11.6. The molecule has 0 radical (unpaired) electrons. The Kier molecular flexibility index (Phi) is 4.36. The van der Waals surface area contributed by atoms with Crippen molar-refractivity contribution in [3.8, 4) is 0 Å². The fourth-order valence-electron chi connectivity index (χ4n) is 2.43. The Labute approximate surface area is 109 Å². The molecule has 100 valence electrons. The molecule has 0 bridgehead atoms. The van der Waals surface area contributed by atoms with Crippen LogP contribution < -0.4 is 0 Å². The van der Waals surface area contributed by atoms with Crippen LogP contribution in [-0.4, -0.2) is 42.0 Å². The van der Waals surface area contributed by atoms with Crippen LogP contribution >= 0.6 is 0 Å². The molecule has 1 saturated heterocycles. The quantitative estimate of drug-likeness (QED) is 0.814. The van der Waals surface area contributed by atoms with Gasteiger partial charge in [0.1, 0.15) is 5.82 Å². The maximum Gasteiger partial charge on any atom is 0.126 e. The Morgan fingerprint density at radius 2 is 1.83 bits per heavy atom. The van der Waals surface area contributed by atoms with Gasteiger partial charge in [-0.3, -0.25) is 9.80 Å². The maximum absolute atomic E-state index is 13.5. The molecular formula is C15H23FN2. The molecule has 1 aliphatic heterocycles. The van der Waals surface area contributed by atoms with Gasteiger partial charge in [-0.1, -0.05) is 12.1 Å². The topological polar surface area (TPSA) is 6.48 Å². The fraction of sp³-hybridized carbons (Fsp3) is 0.600. The maximum atomic E-state index is 13.5. The first-order chi connectivity index (χ1) is 8.56. The first-order valence-corrected chi connectivity index (χ1v) is 6.77. The van der Waals surface area contributed by atoms with Gasteiger partial charge in [-0.25, -0.2) is 4.39 Å². The Hall–Kier alpha value is -0.930. The third kappa shape index (κ3) is 3.30. The molecule has 3 heteroatoms. The molecule has 18 heavy (non-hydrogen) atoms. The largest absolute Gasteiger partial charge is 0.298 e. The van der Waals surface area contributed by atoms with Crippen molar-refractivity contribution >= 4 is 0 Å². The number of benzene rings is 1. The summed E-state index contributed by atoms with van der Waals surface area (Å²) in [4.78, 5) is 4.90. The first kappa shape index (κ1) is 13.5. The van der Waals surface area contributed by atoms with Gasteiger partial charge in [-0.2, -0.15) is 0 Å². The summed E-state index contributed by atoms with van der Waals surface area (Å²) in [6, 6.07) is 6.20. The predicted molar refractivity (Wildman–Crippen MR) is 73.1 cm³/mol. The monoisotopic (exact) mass is 250 g/mol. The van der Waals surface area contributed by atoms with Crippen LogP contribution in [0.2, 0.25) is 0 Å². The van der Waals surface area contributed by atoms with E-state index in [0.717, 1.165) is 43.9 Å². The Balaban J connectivity index is 1.89. The van der Waals surface area contributed by atoms with Gasteiger partial charge in [-0.05, 0) is 38.0 Å². The zero-order chi connectivity index (χ0) is 13.1. The van der Waals surface area contributed by atoms with E-state index in [9.17, 15) is 4.39 Å². The SMILES string of the molecule is Cc1ccc(CN2CCN(C(C)C)CC2)cc1F. The number of aryl methyl sites for hydroxylation is 1. The molecule has 2 rings (SSSR count). The number of hydrogen-bond acceptors (Lipinski definition) is 2. The van der Waals surface area contributed by atoms with Gasteiger partial charge in [0.15, 0.2) is 0 Å². The number of nitrogens with zero attached hydrogens (tertiary/aromatic N) is 2. The van der Waals surface area contributed by atoms with Crippen molar-refractivity contribution in [2.24, 2.45) is 0 Å². The number of hydrogen-bond donors (Lipinski definition) is 0. The highest BCUT2D eigenvalue weighted by Gasteiger charge is 2.18. The summed E-state index contributed by atoms with van der Waals surface area (Å²) < 4.78 is 13.5. The van der Waals surface area contributed by atoms with Crippen LogP contribution in [0, 0.1) is 12.7 Å². The first-order valence-electron chi connectivity index (χ1n) is 6.77. The van der Waals surface area contributed by atoms with Crippen molar-refractivity contribution < 1.29 is 4.39 Å². The Bertz CT molecular complexity index is 395. The molecule has 1 heterocycles. The molecule has 2 nitrogen and oxygen atoms in total. The van der Waals surface area contributed by atoms with Gasteiger partial charge < -0.3 is 0 Å². The molecule has 1 aromatic rings. The summed E-state index contributed by atoms with van der Waals surface area (Å²) in [6.45, 7) is 11.5. The van der Waals surface area contributed by atoms with Crippen molar-refractivity contribution in [1.82, 2.24) is 9.80 Å². The molecule has 1 aliphatic rings. The molecule has 0 amide bonds.